The van der Waals surface area contributed by atoms with E-state index in [4.69, 9.17) is 5.11 Å². The predicted molar refractivity (Wildman–Crippen MR) is 79.4 cm³/mol. The summed E-state index contributed by atoms with van der Waals surface area (Å²) in [5.41, 5.74) is 0.286. The number of rotatable bonds is 2. The maximum absolute atomic E-state index is 12.3. The van der Waals surface area contributed by atoms with Crippen molar-refractivity contribution in [3.05, 3.63) is 21.9 Å². The highest BCUT2D eigenvalue weighted by Gasteiger charge is 2.31. The number of carboxylic acids is 1. The molecule has 0 radical (unpaired) electrons. The molecule has 0 aromatic carbocycles. The number of hydrogen-bond acceptors (Lipinski definition) is 3. The SMILES string of the molecule is CC(C)(C)C1CCN(C(=O)c2ccc(C(=O)O)s2)CC1. The van der Waals surface area contributed by atoms with Crippen LogP contribution in [0.15, 0.2) is 12.1 Å². The maximum Gasteiger partial charge on any atom is 0.345 e. The zero-order valence-electron chi connectivity index (χ0n) is 12.2. The molecule has 0 atom stereocenters. The average Bonchev–Trinajstić information content (AvgIpc) is 2.86. The number of piperidine rings is 1. The molecule has 110 valence electrons. The van der Waals surface area contributed by atoms with Crippen LogP contribution in [0.4, 0.5) is 0 Å². The fourth-order valence-corrected chi connectivity index (χ4v) is 3.49. The molecule has 2 heterocycles. The summed E-state index contributed by atoms with van der Waals surface area (Å²) in [4.78, 5) is 25.8. The van der Waals surface area contributed by atoms with Crippen molar-refractivity contribution in [3.63, 3.8) is 0 Å². The van der Waals surface area contributed by atoms with Gasteiger partial charge in [-0.1, -0.05) is 20.8 Å². The van der Waals surface area contributed by atoms with Crippen LogP contribution in [-0.4, -0.2) is 35.0 Å². The van der Waals surface area contributed by atoms with E-state index in [2.05, 4.69) is 20.8 Å². The summed E-state index contributed by atoms with van der Waals surface area (Å²) >= 11 is 1.06. The minimum Gasteiger partial charge on any atom is -0.477 e. The van der Waals surface area contributed by atoms with E-state index in [9.17, 15) is 9.59 Å². The molecule has 0 saturated carbocycles. The van der Waals surface area contributed by atoms with Crippen molar-refractivity contribution in [1.29, 1.82) is 0 Å². The van der Waals surface area contributed by atoms with Crippen molar-refractivity contribution in [3.8, 4) is 0 Å². The molecule has 1 aromatic heterocycles. The second kappa shape index (κ2) is 5.56. The Hall–Kier alpha value is -1.36. The van der Waals surface area contributed by atoms with Crippen molar-refractivity contribution in [2.75, 3.05) is 13.1 Å². The van der Waals surface area contributed by atoms with Gasteiger partial charge in [0, 0.05) is 13.1 Å². The summed E-state index contributed by atoms with van der Waals surface area (Å²) in [6.45, 7) is 8.26. The van der Waals surface area contributed by atoms with Gasteiger partial charge in [-0.3, -0.25) is 4.79 Å². The van der Waals surface area contributed by atoms with Crippen LogP contribution >= 0.6 is 11.3 Å². The third-order valence-corrected chi connectivity index (χ3v) is 5.10. The van der Waals surface area contributed by atoms with E-state index < -0.39 is 5.97 Å². The number of carbonyl (C=O) groups is 2. The first kappa shape index (κ1) is 15.0. The van der Waals surface area contributed by atoms with Gasteiger partial charge in [0.15, 0.2) is 0 Å². The summed E-state index contributed by atoms with van der Waals surface area (Å²) in [5, 5.41) is 8.90. The monoisotopic (exact) mass is 295 g/mol. The second-order valence-corrected chi connectivity index (χ2v) is 7.49. The Bertz CT molecular complexity index is 507. The van der Waals surface area contributed by atoms with Crippen LogP contribution in [0.1, 0.15) is 53.0 Å². The fourth-order valence-electron chi connectivity index (χ4n) is 2.67. The van der Waals surface area contributed by atoms with E-state index in [1.54, 1.807) is 6.07 Å². The molecule has 5 heteroatoms. The van der Waals surface area contributed by atoms with Crippen LogP contribution in [0.5, 0.6) is 0 Å². The van der Waals surface area contributed by atoms with Crippen LogP contribution in [0.25, 0.3) is 0 Å². The summed E-state index contributed by atoms with van der Waals surface area (Å²) in [6.07, 6.45) is 2.04. The third kappa shape index (κ3) is 3.20. The van der Waals surface area contributed by atoms with E-state index in [0.717, 1.165) is 37.3 Å². The largest absolute Gasteiger partial charge is 0.477 e. The Kier molecular flexibility index (Phi) is 4.18. The van der Waals surface area contributed by atoms with Gasteiger partial charge in [0.1, 0.15) is 4.88 Å². The molecule has 1 aliphatic rings. The zero-order chi connectivity index (χ0) is 14.9. The lowest BCUT2D eigenvalue weighted by molar-refractivity contribution is 0.0613. The molecule has 0 spiro atoms. The Labute approximate surface area is 123 Å². The smallest absolute Gasteiger partial charge is 0.345 e. The number of nitrogens with zero attached hydrogens (tertiary/aromatic N) is 1. The molecule has 1 aliphatic heterocycles. The van der Waals surface area contributed by atoms with Gasteiger partial charge in [0.2, 0.25) is 0 Å². The van der Waals surface area contributed by atoms with Gasteiger partial charge in [-0.2, -0.15) is 0 Å². The van der Waals surface area contributed by atoms with Crippen LogP contribution in [-0.2, 0) is 0 Å². The Morgan fingerprint density at radius 1 is 1.20 bits per heavy atom. The minimum atomic E-state index is -0.972. The number of carboxylic acid groups (broad SMARTS) is 1. The summed E-state index contributed by atoms with van der Waals surface area (Å²) in [6, 6.07) is 3.12. The quantitative estimate of drug-likeness (QED) is 0.910. The van der Waals surface area contributed by atoms with Gasteiger partial charge in [0.05, 0.1) is 4.88 Å². The zero-order valence-corrected chi connectivity index (χ0v) is 13.0. The van der Waals surface area contributed by atoms with Crippen LogP contribution in [0, 0.1) is 11.3 Å². The van der Waals surface area contributed by atoms with Gasteiger partial charge in [-0.05, 0) is 36.3 Å². The number of amides is 1. The van der Waals surface area contributed by atoms with Gasteiger partial charge in [0.25, 0.3) is 5.91 Å². The molecule has 4 nitrogen and oxygen atoms in total. The van der Waals surface area contributed by atoms with Crippen LogP contribution in [0.3, 0.4) is 0 Å². The summed E-state index contributed by atoms with van der Waals surface area (Å²) < 4.78 is 0. The molecule has 2 rings (SSSR count). The summed E-state index contributed by atoms with van der Waals surface area (Å²) in [5.74, 6) is -0.361. The van der Waals surface area contributed by atoms with E-state index >= 15 is 0 Å². The molecule has 0 aliphatic carbocycles. The highest BCUT2D eigenvalue weighted by Crippen LogP contribution is 2.34. The molecular weight excluding hydrogens is 274 g/mol. The number of thiophene rings is 1. The van der Waals surface area contributed by atoms with Gasteiger partial charge in [-0.15, -0.1) is 11.3 Å². The molecule has 1 fully saturated rings. The predicted octanol–water partition coefficient (Wildman–Crippen LogP) is 3.34. The second-order valence-electron chi connectivity index (χ2n) is 6.40. The van der Waals surface area contributed by atoms with Gasteiger partial charge in [-0.25, -0.2) is 4.79 Å². The van der Waals surface area contributed by atoms with Crippen LogP contribution < -0.4 is 0 Å². The number of aromatic carboxylic acids is 1. The molecule has 0 unspecified atom stereocenters. The molecule has 1 amide bonds. The first-order valence-electron chi connectivity index (χ1n) is 6.91. The number of hydrogen-bond donors (Lipinski definition) is 1. The van der Waals surface area contributed by atoms with Crippen molar-refractivity contribution >= 4 is 23.2 Å². The Morgan fingerprint density at radius 3 is 2.20 bits per heavy atom. The normalized spacial score (nSPS) is 17.2. The van der Waals surface area contributed by atoms with Crippen molar-refractivity contribution in [2.24, 2.45) is 11.3 Å². The number of carbonyl (C=O) groups excluding carboxylic acids is 1. The van der Waals surface area contributed by atoms with Crippen molar-refractivity contribution in [1.82, 2.24) is 4.90 Å². The minimum absolute atomic E-state index is 0.0325. The molecule has 20 heavy (non-hydrogen) atoms. The molecule has 1 N–H and O–H groups in total. The topological polar surface area (TPSA) is 57.6 Å². The maximum atomic E-state index is 12.3. The molecule has 1 aromatic rings. The van der Waals surface area contributed by atoms with E-state index in [1.807, 2.05) is 4.90 Å². The van der Waals surface area contributed by atoms with Gasteiger partial charge >= 0.3 is 5.97 Å². The van der Waals surface area contributed by atoms with Crippen molar-refractivity contribution in [2.45, 2.75) is 33.6 Å². The Morgan fingerprint density at radius 2 is 1.75 bits per heavy atom. The summed E-state index contributed by atoms with van der Waals surface area (Å²) in [7, 11) is 0. The van der Waals surface area contributed by atoms with E-state index in [-0.39, 0.29) is 16.2 Å². The lowest BCUT2D eigenvalue weighted by Gasteiger charge is -2.38. The van der Waals surface area contributed by atoms with E-state index in [1.165, 1.54) is 6.07 Å². The van der Waals surface area contributed by atoms with Crippen LogP contribution in [0.2, 0.25) is 0 Å². The molecular formula is C15H21NO3S. The van der Waals surface area contributed by atoms with E-state index in [0.29, 0.717) is 10.8 Å². The van der Waals surface area contributed by atoms with Crippen molar-refractivity contribution < 1.29 is 14.7 Å². The highest BCUT2D eigenvalue weighted by molar-refractivity contribution is 7.15. The molecule has 1 saturated heterocycles. The number of likely N-dealkylation sites (tertiary alicyclic amines) is 1. The lowest BCUT2D eigenvalue weighted by atomic mass is 9.75. The lowest BCUT2D eigenvalue weighted by Crippen LogP contribution is -2.41. The fraction of sp³-hybridized carbons (Fsp3) is 0.600. The average molecular weight is 295 g/mol. The molecule has 0 bridgehead atoms. The first-order valence-corrected chi connectivity index (χ1v) is 7.73. The third-order valence-electron chi connectivity index (χ3n) is 4.03. The standard InChI is InChI=1S/C15H21NO3S/c1-15(2,3)10-6-8-16(9-7-10)13(17)11-4-5-12(20-11)14(18)19/h4-5,10H,6-9H2,1-3H3,(H,18,19). The first-order chi connectivity index (χ1) is 9.29. The van der Waals surface area contributed by atoms with Gasteiger partial charge < -0.3 is 10.0 Å². The Balaban J connectivity index is 1.99. The highest BCUT2D eigenvalue weighted by atomic mass is 32.1.